The highest BCUT2D eigenvalue weighted by atomic mass is 35.5. The molecule has 0 atom stereocenters. The van der Waals surface area contributed by atoms with Gasteiger partial charge in [-0.15, -0.1) is 0 Å². The molecule has 166 valence electrons. The van der Waals surface area contributed by atoms with Gasteiger partial charge >= 0.3 is 0 Å². The maximum absolute atomic E-state index is 6.26. The van der Waals surface area contributed by atoms with Crippen molar-refractivity contribution in [3.05, 3.63) is 46.1 Å². The molecule has 2 aromatic rings. The summed E-state index contributed by atoms with van der Waals surface area (Å²) in [6.07, 6.45) is 5.42. The molecule has 0 spiro atoms. The van der Waals surface area contributed by atoms with Gasteiger partial charge < -0.3 is 20.3 Å². The minimum atomic E-state index is -0.0667. The van der Waals surface area contributed by atoms with Gasteiger partial charge in [0.15, 0.2) is 5.11 Å². The van der Waals surface area contributed by atoms with Crippen LogP contribution < -0.4 is 15.5 Å². The largest absolute Gasteiger partial charge is 0.381 e. The van der Waals surface area contributed by atoms with Crippen LogP contribution in [-0.4, -0.2) is 47.9 Å². The third-order valence-corrected chi connectivity index (χ3v) is 6.77. The standard InChI is InChI=1S/C22H27Cl2N5OS/c23-17-6-4-16(5-7-17)22(8-12-30-13-9-22)15-25-21(31)28-20-26-18(24)14-19(27-20)29-10-2-1-3-11-29/h4-7,14H,1-3,8-13,15H2,(H2,25,26,27,28,31). The summed E-state index contributed by atoms with van der Waals surface area (Å²) in [6.45, 7) is 4.11. The van der Waals surface area contributed by atoms with Crippen LogP contribution in [-0.2, 0) is 10.2 Å². The van der Waals surface area contributed by atoms with Crippen LogP contribution in [0.3, 0.4) is 0 Å². The van der Waals surface area contributed by atoms with E-state index in [9.17, 15) is 0 Å². The maximum Gasteiger partial charge on any atom is 0.232 e. The Bertz CT molecular complexity index is 899. The van der Waals surface area contributed by atoms with Gasteiger partial charge in [0.25, 0.3) is 0 Å². The predicted molar refractivity (Wildman–Crippen MR) is 131 cm³/mol. The first-order valence-corrected chi connectivity index (χ1v) is 11.9. The molecule has 9 heteroatoms. The average Bonchev–Trinajstić information content (AvgIpc) is 2.79. The summed E-state index contributed by atoms with van der Waals surface area (Å²) in [6, 6.07) is 9.87. The predicted octanol–water partition coefficient (Wildman–Crippen LogP) is 4.81. The van der Waals surface area contributed by atoms with Crippen molar-refractivity contribution in [2.45, 2.75) is 37.5 Å². The number of ether oxygens (including phenoxy) is 1. The van der Waals surface area contributed by atoms with Crippen LogP contribution in [0.15, 0.2) is 30.3 Å². The smallest absolute Gasteiger partial charge is 0.232 e. The van der Waals surface area contributed by atoms with Crippen molar-refractivity contribution in [1.82, 2.24) is 15.3 Å². The molecule has 2 aliphatic heterocycles. The highest BCUT2D eigenvalue weighted by Crippen LogP contribution is 2.35. The molecule has 1 aromatic heterocycles. The summed E-state index contributed by atoms with van der Waals surface area (Å²) in [7, 11) is 0. The Morgan fingerprint density at radius 2 is 1.77 bits per heavy atom. The zero-order valence-corrected chi connectivity index (χ0v) is 19.7. The van der Waals surface area contributed by atoms with Gasteiger partial charge in [0.2, 0.25) is 5.95 Å². The Morgan fingerprint density at radius 3 is 2.48 bits per heavy atom. The summed E-state index contributed by atoms with van der Waals surface area (Å²) >= 11 is 17.9. The zero-order valence-electron chi connectivity index (χ0n) is 17.4. The Labute approximate surface area is 198 Å². The zero-order chi connectivity index (χ0) is 21.7. The number of piperidine rings is 1. The fourth-order valence-corrected chi connectivity index (χ4v) is 4.74. The van der Waals surface area contributed by atoms with Crippen molar-refractivity contribution >= 4 is 52.3 Å². The second-order valence-corrected chi connectivity index (χ2v) is 9.36. The topological polar surface area (TPSA) is 62.3 Å². The average molecular weight is 480 g/mol. The number of rotatable bonds is 5. The molecule has 1 aromatic carbocycles. The van der Waals surface area contributed by atoms with Crippen molar-refractivity contribution < 1.29 is 4.74 Å². The molecule has 0 unspecified atom stereocenters. The van der Waals surface area contributed by atoms with Gasteiger partial charge in [0.05, 0.1) is 0 Å². The number of benzene rings is 1. The lowest BCUT2D eigenvalue weighted by molar-refractivity contribution is 0.0515. The van der Waals surface area contributed by atoms with Gasteiger partial charge in [-0.2, -0.15) is 4.98 Å². The van der Waals surface area contributed by atoms with Crippen molar-refractivity contribution in [3.8, 4) is 0 Å². The van der Waals surface area contributed by atoms with Gasteiger partial charge in [-0.05, 0) is 62.0 Å². The molecule has 0 amide bonds. The Morgan fingerprint density at radius 1 is 1.06 bits per heavy atom. The summed E-state index contributed by atoms with van der Waals surface area (Å²) in [5.74, 6) is 1.25. The first-order valence-electron chi connectivity index (χ1n) is 10.7. The SMILES string of the molecule is S=C(NCC1(c2ccc(Cl)cc2)CCOCC1)Nc1nc(Cl)cc(N2CCCCC2)n1. The number of aromatic nitrogens is 2. The molecule has 0 bridgehead atoms. The number of anilines is 2. The van der Waals surface area contributed by atoms with E-state index in [0.717, 1.165) is 50.0 Å². The van der Waals surface area contributed by atoms with E-state index in [4.69, 9.17) is 40.2 Å². The highest BCUT2D eigenvalue weighted by molar-refractivity contribution is 7.80. The molecule has 2 N–H and O–H groups in total. The summed E-state index contributed by atoms with van der Waals surface area (Å²) in [5.41, 5.74) is 1.17. The first-order chi connectivity index (χ1) is 15.0. The van der Waals surface area contributed by atoms with Crippen LogP contribution in [0.25, 0.3) is 0 Å². The molecular formula is C22H27Cl2N5OS. The van der Waals surface area contributed by atoms with E-state index in [1.807, 2.05) is 18.2 Å². The molecule has 31 heavy (non-hydrogen) atoms. The second kappa shape index (κ2) is 10.3. The number of hydrogen-bond donors (Lipinski definition) is 2. The molecule has 2 saturated heterocycles. The van der Waals surface area contributed by atoms with Crippen molar-refractivity contribution in [2.75, 3.05) is 43.1 Å². The molecule has 6 nitrogen and oxygen atoms in total. The summed E-state index contributed by atoms with van der Waals surface area (Å²) in [4.78, 5) is 11.2. The number of nitrogens with one attached hydrogen (secondary N) is 2. The van der Waals surface area contributed by atoms with E-state index in [-0.39, 0.29) is 5.41 Å². The molecule has 0 radical (unpaired) electrons. The number of thiocarbonyl (C=S) groups is 1. The molecule has 3 heterocycles. The lowest BCUT2D eigenvalue weighted by atomic mass is 9.74. The van der Waals surface area contributed by atoms with E-state index < -0.39 is 0 Å². The lowest BCUT2D eigenvalue weighted by Crippen LogP contribution is -2.45. The van der Waals surface area contributed by atoms with Crippen molar-refractivity contribution in [3.63, 3.8) is 0 Å². The number of halogens is 2. The maximum atomic E-state index is 6.26. The van der Waals surface area contributed by atoms with E-state index in [1.54, 1.807) is 0 Å². The highest BCUT2D eigenvalue weighted by Gasteiger charge is 2.34. The lowest BCUT2D eigenvalue weighted by Gasteiger charge is -2.38. The van der Waals surface area contributed by atoms with Crippen LogP contribution in [0, 0.1) is 0 Å². The molecule has 0 saturated carbocycles. The Kier molecular flexibility index (Phi) is 7.48. The second-order valence-electron chi connectivity index (χ2n) is 8.13. The number of nitrogens with zero attached hydrogens (tertiary/aromatic N) is 3. The third kappa shape index (κ3) is 5.77. The van der Waals surface area contributed by atoms with Crippen LogP contribution in [0.1, 0.15) is 37.7 Å². The van der Waals surface area contributed by atoms with E-state index in [1.165, 1.54) is 24.8 Å². The molecular weight excluding hydrogens is 453 g/mol. The molecule has 0 aliphatic carbocycles. The monoisotopic (exact) mass is 479 g/mol. The fourth-order valence-electron chi connectivity index (χ4n) is 4.27. The summed E-state index contributed by atoms with van der Waals surface area (Å²) < 4.78 is 5.61. The fraction of sp³-hybridized carbons (Fsp3) is 0.500. The van der Waals surface area contributed by atoms with Gasteiger partial charge in [0.1, 0.15) is 11.0 Å². The van der Waals surface area contributed by atoms with Crippen molar-refractivity contribution in [1.29, 1.82) is 0 Å². The van der Waals surface area contributed by atoms with Gasteiger partial charge in [-0.3, -0.25) is 0 Å². The normalized spacial score (nSPS) is 18.5. The Balaban J connectivity index is 1.43. The van der Waals surface area contributed by atoms with Crippen LogP contribution in [0.5, 0.6) is 0 Å². The van der Waals surface area contributed by atoms with E-state index >= 15 is 0 Å². The van der Waals surface area contributed by atoms with Gasteiger partial charge in [0, 0.05) is 49.4 Å². The van der Waals surface area contributed by atoms with Crippen LogP contribution >= 0.6 is 35.4 Å². The molecule has 2 aliphatic rings. The number of hydrogen-bond acceptors (Lipinski definition) is 5. The quantitative estimate of drug-likeness (QED) is 0.471. The minimum absolute atomic E-state index is 0.0667. The van der Waals surface area contributed by atoms with Gasteiger partial charge in [-0.1, -0.05) is 35.3 Å². The molecule has 4 rings (SSSR count). The van der Waals surface area contributed by atoms with Crippen LogP contribution in [0.4, 0.5) is 11.8 Å². The molecule has 2 fully saturated rings. The van der Waals surface area contributed by atoms with E-state index in [0.29, 0.717) is 22.8 Å². The Hall–Kier alpha value is -1.67. The van der Waals surface area contributed by atoms with E-state index in [2.05, 4.69) is 37.6 Å². The van der Waals surface area contributed by atoms with Crippen LogP contribution in [0.2, 0.25) is 10.2 Å². The van der Waals surface area contributed by atoms with Gasteiger partial charge in [-0.25, -0.2) is 4.98 Å². The summed E-state index contributed by atoms with van der Waals surface area (Å²) in [5, 5.41) is 8.10. The first kappa shape index (κ1) is 22.5. The van der Waals surface area contributed by atoms with Crippen molar-refractivity contribution in [2.24, 2.45) is 0 Å². The minimum Gasteiger partial charge on any atom is -0.381 e. The third-order valence-electron chi connectivity index (χ3n) is 6.08.